The molecule has 170 valence electrons. The summed E-state index contributed by atoms with van der Waals surface area (Å²) in [6, 6.07) is 18.0. The van der Waals surface area contributed by atoms with Crippen molar-refractivity contribution in [3.05, 3.63) is 65.7 Å². The summed E-state index contributed by atoms with van der Waals surface area (Å²) in [5, 5.41) is 19.0. The molecule has 0 saturated carbocycles. The fourth-order valence-electron chi connectivity index (χ4n) is 3.33. The number of thioether (sulfide) groups is 1. The molecular formula is C24H27N7OS. The molecule has 4 aromatic rings. The van der Waals surface area contributed by atoms with Gasteiger partial charge in [-0.2, -0.15) is 5.10 Å². The molecule has 0 atom stereocenters. The molecule has 4 rings (SSSR count). The van der Waals surface area contributed by atoms with E-state index in [1.165, 1.54) is 27.6 Å². The maximum absolute atomic E-state index is 12.4. The second-order valence-electron chi connectivity index (χ2n) is 7.85. The van der Waals surface area contributed by atoms with Crippen molar-refractivity contribution in [2.75, 3.05) is 16.9 Å². The van der Waals surface area contributed by atoms with E-state index in [4.69, 9.17) is 5.84 Å². The summed E-state index contributed by atoms with van der Waals surface area (Å²) in [4.78, 5) is 12.4. The summed E-state index contributed by atoms with van der Waals surface area (Å²) < 4.78 is 1.37. The van der Waals surface area contributed by atoms with Crippen LogP contribution in [0.3, 0.4) is 0 Å². The quantitative estimate of drug-likeness (QED) is 0.251. The smallest absolute Gasteiger partial charge is 0.234 e. The van der Waals surface area contributed by atoms with Gasteiger partial charge in [0.1, 0.15) is 5.69 Å². The van der Waals surface area contributed by atoms with Crippen molar-refractivity contribution in [2.45, 2.75) is 38.3 Å². The minimum atomic E-state index is -0.131. The molecule has 2 aromatic carbocycles. The number of hydrogen-bond donors (Lipinski definition) is 3. The van der Waals surface area contributed by atoms with Gasteiger partial charge in [-0.15, -0.1) is 10.2 Å². The lowest BCUT2D eigenvalue weighted by atomic mass is 10.1. The van der Waals surface area contributed by atoms with Crippen LogP contribution in [0.2, 0.25) is 0 Å². The third-order valence-electron chi connectivity index (χ3n) is 5.22. The van der Waals surface area contributed by atoms with Crippen molar-refractivity contribution in [2.24, 2.45) is 0 Å². The molecule has 33 heavy (non-hydrogen) atoms. The van der Waals surface area contributed by atoms with Gasteiger partial charge in [0.2, 0.25) is 16.9 Å². The number of anilines is 1. The molecule has 9 heteroatoms. The highest BCUT2D eigenvalue weighted by atomic mass is 32.2. The standard InChI is InChI=1S/C24H27N7OS/c1-3-4-5-17-8-12-19(13-9-17)26-22(32)15-33-24-30-29-23(31(24)25)21-14-20(27-28-21)18-10-6-16(2)7-11-18/h6-14H,3-5,15,25H2,1-2H3,(H,26,32)(H,27,28). The SMILES string of the molecule is CCCCc1ccc(NC(=O)CSc2nnc(-c3cc(-c4ccc(C)cc4)n[nH]3)n2N)cc1. The van der Waals surface area contributed by atoms with Crippen LogP contribution >= 0.6 is 11.8 Å². The van der Waals surface area contributed by atoms with Crippen LogP contribution in [0.15, 0.2) is 59.8 Å². The molecule has 0 saturated heterocycles. The van der Waals surface area contributed by atoms with E-state index in [0.29, 0.717) is 16.7 Å². The number of benzene rings is 2. The van der Waals surface area contributed by atoms with Crippen molar-refractivity contribution in [3.8, 4) is 22.8 Å². The fraction of sp³-hybridized carbons (Fsp3) is 0.250. The Morgan fingerprint density at radius 2 is 1.88 bits per heavy atom. The van der Waals surface area contributed by atoms with Crippen molar-refractivity contribution in [1.82, 2.24) is 25.1 Å². The highest BCUT2D eigenvalue weighted by molar-refractivity contribution is 7.99. The number of carbonyl (C=O) groups excluding carboxylic acids is 1. The summed E-state index contributed by atoms with van der Waals surface area (Å²) in [7, 11) is 0. The molecule has 0 fully saturated rings. The van der Waals surface area contributed by atoms with Gasteiger partial charge in [0, 0.05) is 11.3 Å². The first kappa shape index (κ1) is 22.6. The Labute approximate surface area is 197 Å². The third kappa shape index (κ3) is 5.61. The van der Waals surface area contributed by atoms with Crippen LogP contribution in [-0.2, 0) is 11.2 Å². The monoisotopic (exact) mass is 461 g/mol. The van der Waals surface area contributed by atoms with Crippen LogP contribution in [0.4, 0.5) is 5.69 Å². The highest BCUT2D eigenvalue weighted by Crippen LogP contribution is 2.25. The number of nitrogen functional groups attached to an aromatic ring is 1. The van der Waals surface area contributed by atoms with E-state index < -0.39 is 0 Å². The number of hydrogen-bond acceptors (Lipinski definition) is 6. The summed E-state index contributed by atoms with van der Waals surface area (Å²) in [6.07, 6.45) is 3.38. The van der Waals surface area contributed by atoms with E-state index in [0.717, 1.165) is 36.2 Å². The van der Waals surface area contributed by atoms with Crippen LogP contribution < -0.4 is 11.2 Å². The topological polar surface area (TPSA) is 115 Å². The number of nitrogens with zero attached hydrogens (tertiary/aromatic N) is 4. The van der Waals surface area contributed by atoms with Crippen molar-refractivity contribution < 1.29 is 4.79 Å². The summed E-state index contributed by atoms with van der Waals surface area (Å²) in [5.74, 6) is 6.68. The number of nitrogens with two attached hydrogens (primary N) is 1. The second kappa shape index (κ2) is 10.4. The van der Waals surface area contributed by atoms with E-state index in [2.05, 4.69) is 44.8 Å². The normalized spacial score (nSPS) is 11.0. The van der Waals surface area contributed by atoms with Crippen molar-refractivity contribution in [3.63, 3.8) is 0 Å². The lowest BCUT2D eigenvalue weighted by Gasteiger charge is -2.06. The molecule has 0 unspecified atom stereocenters. The number of amides is 1. The number of H-pyrrole nitrogens is 1. The van der Waals surface area contributed by atoms with Gasteiger partial charge in [0.15, 0.2) is 0 Å². The first-order chi connectivity index (χ1) is 16.0. The number of carbonyl (C=O) groups is 1. The van der Waals surface area contributed by atoms with E-state index in [9.17, 15) is 4.79 Å². The molecule has 1 amide bonds. The van der Waals surface area contributed by atoms with Crippen LogP contribution in [0.25, 0.3) is 22.8 Å². The zero-order chi connectivity index (χ0) is 23.2. The molecule has 0 aliphatic carbocycles. The first-order valence-electron chi connectivity index (χ1n) is 10.9. The van der Waals surface area contributed by atoms with Gasteiger partial charge in [-0.05, 0) is 43.5 Å². The Morgan fingerprint density at radius 3 is 2.61 bits per heavy atom. The fourth-order valence-corrected chi connectivity index (χ4v) is 3.99. The van der Waals surface area contributed by atoms with Crippen molar-refractivity contribution >= 4 is 23.4 Å². The number of rotatable bonds is 9. The number of aryl methyl sites for hydroxylation is 2. The van der Waals surface area contributed by atoms with Gasteiger partial charge in [-0.3, -0.25) is 9.89 Å². The van der Waals surface area contributed by atoms with Crippen LogP contribution in [0, 0.1) is 6.92 Å². The number of aromatic nitrogens is 5. The molecule has 2 heterocycles. The number of unbranched alkanes of at least 4 members (excludes halogenated alkanes) is 1. The molecule has 0 radical (unpaired) electrons. The Bertz CT molecular complexity index is 1210. The predicted molar refractivity (Wildman–Crippen MR) is 132 cm³/mol. The van der Waals surface area contributed by atoms with E-state index in [1.807, 2.05) is 49.4 Å². The molecule has 0 aliphatic rings. The zero-order valence-electron chi connectivity index (χ0n) is 18.7. The lowest BCUT2D eigenvalue weighted by molar-refractivity contribution is -0.113. The Kier molecular flexibility index (Phi) is 7.09. The number of nitrogens with one attached hydrogen (secondary N) is 2. The van der Waals surface area contributed by atoms with E-state index in [-0.39, 0.29) is 11.7 Å². The summed E-state index contributed by atoms with van der Waals surface area (Å²) >= 11 is 1.23. The van der Waals surface area contributed by atoms with Gasteiger partial charge >= 0.3 is 0 Å². The largest absolute Gasteiger partial charge is 0.335 e. The maximum Gasteiger partial charge on any atom is 0.234 e. The molecule has 0 aliphatic heterocycles. The van der Waals surface area contributed by atoms with Gasteiger partial charge in [0.05, 0.1) is 11.4 Å². The predicted octanol–water partition coefficient (Wildman–Crippen LogP) is 4.43. The van der Waals surface area contributed by atoms with Gasteiger partial charge in [-0.25, -0.2) is 4.68 Å². The van der Waals surface area contributed by atoms with E-state index >= 15 is 0 Å². The number of aromatic amines is 1. The van der Waals surface area contributed by atoms with Crippen LogP contribution in [0.5, 0.6) is 0 Å². The summed E-state index contributed by atoms with van der Waals surface area (Å²) in [5.41, 5.74) is 5.68. The van der Waals surface area contributed by atoms with Crippen LogP contribution in [0.1, 0.15) is 30.9 Å². The van der Waals surface area contributed by atoms with Crippen molar-refractivity contribution in [1.29, 1.82) is 0 Å². The maximum atomic E-state index is 12.4. The molecule has 8 nitrogen and oxygen atoms in total. The Hall–Kier alpha value is -3.59. The Balaban J connectivity index is 1.35. The minimum Gasteiger partial charge on any atom is -0.335 e. The average molecular weight is 462 g/mol. The molecule has 4 N–H and O–H groups in total. The van der Waals surface area contributed by atoms with Gasteiger partial charge in [-0.1, -0.05) is 67.1 Å². The summed E-state index contributed by atoms with van der Waals surface area (Å²) in [6.45, 7) is 4.22. The second-order valence-corrected chi connectivity index (χ2v) is 8.79. The molecule has 2 aromatic heterocycles. The van der Waals surface area contributed by atoms with Crippen LogP contribution in [-0.4, -0.2) is 36.7 Å². The average Bonchev–Trinajstić information content (AvgIpc) is 3.44. The third-order valence-corrected chi connectivity index (χ3v) is 6.16. The van der Waals surface area contributed by atoms with E-state index in [1.54, 1.807) is 0 Å². The molecule has 0 bridgehead atoms. The zero-order valence-corrected chi connectivity index (χ0v) is 19.5. The minimum absolute atomic E-state index is 0.131. The van der Waals surface area contributed by atoms with Gasteiger partial charge in [0.25, 0.3) is 0 Å². The lowest BCUT2D eigenvalue weighted by Crippen LogP contribution is -2.16. The molecule has 0 spiro atoms. The first-order valence-corrected chi connectivity index (χ1v) is 11.9. The highest BCUT2D eigenvalue weighted by Gasteiger charge is 2.16. The Morgan fingerprint density at radius 1 is 1.12 bits per heavy atom. The molecular weight excluding hydrogens is 434 g/mol. The van der Waals surface area contributed by atoms with Gasteiger partial charge < -0.3 is 11.2 Å².